The summed E-state index contributed by atoms with van der Waals surface area (Å²) in [5, 5.41) is 13.2. The first-order chi connectivity index (χ1) is 16.5. The third-order valence-electron chi connectivity index (χ3n) is 4.83. The minimum absolute atomic E-state index is 0.00981. The molecule has 1 heterocycles. The molecule has 4 N–H and O–H groups in total. The van der Waals surface area contributed by atoms with Crippen LogP contribution in [0.3, 0.4) is 0 Å². The lowest BCUT2D eigenvalue weighted by Crippen LogP contribution is -2.38. The number of nitrogens with zero attached hydrogens (tertiary/aromatic N) is 2. The van der Waals surface area contributed by atoms with E-state index < -0.39 is 32.2 Å². The van der Waals surface area contributed by atoms with Gasteiger partial charge in [-0.1, -0.05) is 19.4 Å². The molecule has 1 aromatic heterocycles. The zero-order valence-corrected chi connectivity index (χ0v) is 19.2. The van der Waals surface area contributed by atoms with Gasteiger partial charge < -0.3 is 15.2 Å². The second kappa shape index (κ2) is 10.2. The Balaban J connectivity index is 1.81. The fourth-order valence-electron chi connectivity index (χ4n) is 3.01. The van der Waals surface area contributed by atoms with Crippen LogP contribution in [0.1, 0.15) is 30.1 Å². The summed E-state index contributed by atoms with van der Waals surface area (Å²) in [4.78, 5) is 49.4. The minimum atomic E-state index is -4.36. The van der Waals surface area contributed by atoms with Crippen molar-refractivity contribution in [1.82, 2.24) is 9.55 Å². The summed E-state index contributed by atoms with van der Waals surface area (Å²) >= 11 is 0. The molecule has 2 aromatic carbocycles. The van der Waals surface area contributed by atoms with Gasteiger partial charge in [-0.25, -0.2) is 4.79 Å². The zero-order valence-electron chi connectivity index (χ0n) is 18.4. The second-order valence-electron chi connectivity index (χ2n) is 7.30. The molecule has 3 rings (SSSR count). The van der Waals surface area contributed by atoms with Crippen LogP contribution in [0.4, 0.5) is 17.2 Å². The van der Waals surface area contributed by atoms with E-state index in [9.17, 15) is 32.9 Å². The normalized spacial score (nSPS) is 11.1. The van der Waals surface area contributed by atoms with Gasteiger partial charge in [0, 0.05) is 18.2 Å². The number of nitro groups is 1. The molecule has 0 unspecified atom stereocenters. The second-order valence-corrected chi connectivity index (χ2v) is 8.85. The molecule has 0 saturated heterocycles. The molecule has 0 atom stereocenters. The summed E-state index contributed by atoms with van der Waals surface area (Å²) in [6, 6.07) is 9.20. The lowest BCUT2D eigenvalue weighted by atomic mass is 10.2. The van der Waals surface area contributed by atoms with Gasteiger partial charge in [0.2, 0.25) is 0 Å². The maximum absolute atomic E-state index is 12.6. The highest BCUT2D eigenvalue weighted by Gasteiger charge is 2.20. The van der Waals surface area contributed by atoms with Gasteiger partial charge in [0.1, 0.15) is 22.2 Å². The number of hydrogen-bond donors (Lipinski definition) is 3. The molecule has 184 valence electrons. The highest BCUT2D eigenvalue weighted by molar-refractivity contribution is 7.87. The SMILES string of the molecule is CCCCn1c(=O)[nH]c(N)c(NC(=O)c2ccc(S(=O)(=O)Oc3cccc([N+](=O)[O-])c3)cc2)c1=O. The fourth-order valence-corrected chi connectivity index (χ4v) is 3.93. The molecular weight excluding hydrogens is 482 g/mol. The minimum Gasteiger partial charge on any atom is -0.383 e. The van der Waals surface area contributed by atoms with Crippen molar-refractivity contribution >= 4 is 33.2 Å². The third-order valence-corrected chi connectivity index (χ3v) is 6.09. The van der Waals surface area contributed by atoms with E-state index in [-0.39, 0.29) is 39.9 Å². The zero-order chi connectivity index (χ0) is 25.8. The van der Waals surface area contributed by atoms with E-state index in [0.717, 1.165) is 29.2 Å². The van der Waals surface area contributed by atoms with Gasteiger partial charge in [-0.15, -0.1) is 0 Å². The maximum atomic E-state index is 12.6. The van der Waals surface area contributed by atoms with Gasteiger partial charge in [-0.05, 0) is 36.8 Å². The Labute approximate surface area is 198 Å². The quantitative estimate of drug-likeness (QED) is 0.222. The molecule has 1 amide bonds. The van der Waals surface area contributed by atoms with E-state index in [1.807, 2.05) is 6.92 Å². The monoisotopic (exact) mass is 503 g/mol. The molecule has 3 aromatic rings. The lowest BCUT2D eigenvalue weighted by Gasteiger charge is -2.11. The summed E-state index contributed by atoms with van der Waals surface area (Å²) in [5.41, 5.74) is 3.58. The smallest absolute Gasteiger partial charge is 0.339 e. The number of unbranched alkanes of at least 4 members (excludes halogenated alkanes) is 1. The number of rotatable bonds is 9. The van der Waals surface area contributed by atoms with E-state index >= 15 is 0 Å². The number of carbonyl (C=O) groups is 1. The van der Waals surface area contributed by atoms with Crippen LogP contribution >= 0.6 is 0 Å². The number of aromatic nitrogens is 2. The molecule has 0 aliphatic heterocycles. The molecule has 0 aliphatic carbocycles. The molecule has 0 spiro atoms. The van der Waals surface area contributed by atoms with Crippen molar-refractivity contribution in [1.29, 1.82) is 0 Å². The molecule has 0 radical (unpaired) electrons. The van der Waals surface area contributed by atoms with Gasteiger partial charge in [-0.3, -0.25) is 29.3 Å². The third kappa shape index (κ3) is 5.73. The maximum Gasteiger partial charge on any atom is 0.339 e. The van der Waals surface area contributed by atoms with E-state index in [1.165, 1.54) is 30.3 Å². The molecular formula is C21H21N5O8S. The van der Waals surface area contributed by atoms with Crippen molar-refractivity contribution in [2.24, 2.45) is 0 Å². The number of non-ortho nitro benzene ring substituents is 1. The van der Waals surface area contributed by atoms with Crippen LogP contribution < -0.4 is 26.5 Å². The first-order valence-corrected chi connectivity index (χ1v) is 11.7. The van der Waals surface area contributed by atoms with Crippen molar-refractivity contribution in [2.45, 2.75) is 31.2 Å². The first kappa shape index (κ1) is 25.2. The number of nitrogens with two attached hydrogens (primary N) is 1. The summed E-state index contributed by atoms with van der Waals surface area (Å²) in [6.07, 6.45) is 1.30. The first-order valence-electron chi connectivity index (χ1n) is 10.3. The Hall–Kier alpha value is -4.46. The molecule has 0 saturated carbocycles. The average molecular weight is 503 g/mol. The lowest BCUT2D eigenvalue weighted by molar-refractivity contribution is -0.384. The topological polar surface area (TPSA) is 196 Å². The number of H-pyrrole nitrogens is 1. The van der Waals surface area contributed by atoms with Gasteiger partial charge in [0.05, 0.1) is 11.0 Å². The summed E-state index contributed by atoms with van der Waals surface area (Å²) in [7, 11) is -4.36. The Morgan fingerprint density at radius 1 is 1.20 bits per heavy atom. The summed E-state index contributed by atoms with van der Waals surface area (Å²) < 4.78 is 30.9. The summed E-state index contributed by atoms with van der Waals surface area (Å²) in [5.74, 6) is -1.34. The number of benzene rings is 2. The number of hydrogen-bond acceptors (Lipinski definition) is 9. The molecule has 13 nitrogen and oxygen atoms in total. The highest BCUT2D eigenvalue weighted by atomic mass is 32.2. The van der Waals surface area contributed by atoms with Crippen molar-refractivity contribution in [2.75, 3.05) is 11.1 Å². The van der Waals surface area contributed by atoms with Crippen LogP contribution in [0.25, 0.3) is 0 Å². The number of nitrogens with one attached hydrogen (secondary N) is 2. The van der Waals surface area contributed by atoms with E-state index in [1.54, 1.807) is 0 Å². The van der Waals surface area contributed by atoms with E-state index in [2.05, 4.69) is 10.3 Å². The van der Waals surface area contributed by atoms with Crippen LogP contribution in [-0.4, -0.2) is 28.8 Å². The Kier molecular flexibility index (Phi) is 7.34. The number of amides is 1. The molecule has 0 fully saturated rings. The van der Waals surface area contributed by atoms with E-state index in [0.29, 0.717) is 6.42 Å². The Bertz CT molecular complexity index is 1490. The average Bonchev–Trinajstić information content (AvgIpc) is 2.81. The van der Waals surface area contributed by atoms with Gasteiger partial charge in [0.15, 0.2) is 0 Å². The van der Waals surface area contributed by atoms with Crippen LogP contribution in [-0.2, 0) is 16.7 Å². The molecule has 0 bridgehead atoms. The number of nitro benzene ring substituents is 1. The molecule has 35 heavy (non-hydrogen) atoms. The van der Waals surface area contributed by atoms with Crippen molar-refractivity contribution in [3.05, 3.63) is 85.0 Å². The van der Waals surface area contributed by atoms with Crippen LogP contribution in [0.5, 0.6) is 5.75 Å². The van der Waals surface area contributed by atoms with Gasteiger partial charge in [0.25, 0.3) is 17.2 Å². The van der Waals surface area contributed by atoms with Gasteiger partial charge in [-0.2, -0.15) is 8.42 Å². The number of carbonyl (C=O) groups excluding carboxylic acids is 1. The van der Waals surface area contributed by atoms with Crippen LogP contribution in [0.15, 0.2) is 63.0 Å². The summed E-state index contributed by atoms with van der Waals surface area (Å²) in [6.45, 7) is 2.03. The largest absolute Gasteiger partial charge is 0.383 e. The standard InChI is InChI=1S/C21H21N5O8S/c1-2-3-11-25-20(28)17(18(22)24-21(25)29)23-19(27)13-7-9-16(10-8-13)35(32,33)34-15-6-4-5-14(12-15)26(30)31/h4-10,12H,2-3,11,22H2,1H3,(H,23,27)(H,24,29). The van der Waals surface area contributed by atoms with E-state index in [4.69, 9.17) is 9.92 Å². The highest BCUT2D eigenvalue weighted by Crippen LogP contribution is 2.23. The van der Waals surface area contributed by atoms with Crippen LogP contribution in [0, 0.1) is 10.1 Å². The van der Waals surface area contributed by atoms with Crippen molar-refractivity contribution in [3.63, 3.8) is 0 Å². The molecule has 14 heteroatoms. The number of anilines is 2. The van der Waals surface area contributed by atoms with Crippen LogP contribution in [0.2, 0.25) is 0 Å². The predicted molar refractivity (Wildman–Crippen MR) is 126 cm³/mol. The Morgan fingerprint density at radius 3 is 2.51 bits per heavy atom. The Morgan fingerprint density at radius 2 is 1.89 bits per heavy atom. The predicted octanol–water partition coefficient (Wildman–Crippen LogP) is 1.85. The molecule has 0 aliphatic rings. The fraction of sp³-hybridized carbons (Fsp3) is 0.190. The number of nitrogen functional groups attached to an aromatic ring is 1. The number of aromatic amines is 1. The van der Waals surface area contributed by atoms with Crippen molar-refractivity contribution in [3.8, 4) is 5.75 Å². The van der Waals surface area contributed by atoms with Crippen molar-refractivity contribution < 1.29 is 22.3 Å². The van der Waals surface area contributed by atoms with Gasteiger partial charge >= 0.3 is 15.8 Å².